The van der Waals surface area contributed by atoms with Crippen LogP contribution in [-0.2, 0) is 14.3 Å². The zero-order valence-corrected chi connectivity index (χ0v) is 8.69. The molecule has 1 heterocycles. The number of nitrogens with zero attached hydrogens (tertiary/aromatic N) is 1. The van der Waals surface area contributed by atoms with Gasteiger partial charge in [0.1, 0.15) is 6.54 Å². The lowest BCUT2D eigenvalue weighted by Crippen LogP contribution is -2.48. The van der Waals surface area contributed by atoms with E-state index in [1.807, 2.05) is 14.1 Å². The molecule has 80 valence electrons. The van der Waals surface area contributed by atoms with E-state index < -0.39 is 12.0 Å². The van der Waals surface area contributed by atoms with Crippen molar-refractivity contribution in [2.45, 2.75) is 25.5 Å². The maximum absolute atomic E-state index is 10.9. The predicted molar refractivity (Wildman–Crippen MR) is 48.6 cm³/mol. The van der Waals surface area contributed by atoms with Gasteiger partial charge in [-0.15, -0.1) is 0 Å². The molecule has 0 aliphatic carbocycles. The third kappa shape index (κ3) is 2.23. The van der Waals surface area contributed by atoms with Gasteiger partial charge in [0.2, 0.25) is 0 Å². The van der Waals surface area contributed by atoms with E-state index in [2.05, 4.69) is 0 Å². The number of quaternary nitrogens is 1. The average molecular weight is 202 g/mol. The molecule has 2 unspecified atom stereocenters. The molecule has 0 aromatic heterocycles. The lowest BCUT2D eigenvalue weighted by atomic mass is 10.2. The van der Waals surface area contributed by atoms with E-state index in [0.717, 1.165) is 0 Å². The Morgan fingerprint density at radius 2 is 2.00 bits per heavy atom. The molecular weight excluding hydrogens is 186 g/mol. The molecule has 0 amide bonds. The molecular formula is C9H16NO4+. The largest absolute Gasteiger partial charge is 0.477 e. The van der Waals surface area contributed by atoms with Gasteiger partial charge in [-0.2, -0.15) is 0 Å². The molecule has 1 saturated heterocycles. The van der Waals surface area contributed by atoms with Crippen molar-refractivity contribution in [3.05, 3.63) is 0 Å². The number of carbonyl (C=O) groups excluding carboxylic acids is 1. The van der Waals surface area contributed by atoms with Crippen molar-refractivity contribution in [3.8, 4) is 0 Å². The minimum atomic E-state index is -0.829. The summed E-state index contributed by atoms with van der Waals surface area (Å²) in [6, 6.07) is -0.473. The van der Waals surface area contributed by atoms with Crippen LogP contribution in [0.4, 0.5) is 0 Å². The van der Waals surface area contributed by atoms with E-state index in [0.29, 0.717) is 17.4 Å². The first-order valence-electron chi connectivity index (χ1n) is 4.55. The number of hydrogen-bond acceptors (Lipinski definition) is 3. The van der Waals surface area contributed by atoms with Crippen molar-refractivity contribution in [1.29, 1.82) is 0 Å². The van der Waals surface area contributed by atoms with E-state index >= 15 is 0 Å². The zero-order chi connectivity index (χ0) is 10.9. The highest BCUT2D eigenvalue weighted by molar-refractivity contribution is 5.72. The Kier molecular flexibility index (Phi) is 2.80. The van der Waals surface area contributed by atoms with Crippen molar-refractivity contribution in [3.63, 3.8) is 0 Å². The molecule has 5 heteroatoms. The number of ether oxygens (including phenoxy) is 1. The second-order valence-electron chi connectivity index (χ2n) is 4.28. The van der Waals surface area contributed by atoms with Crippen LogP contribution in [0.2, 0.25) is 0 Å². The predicted octanol–water partition coefficient (Wildman–Crippen LogP) is -0.149. The number of carboxylic acid groups (broad SMARTS) is 1. The van der Waals surface area contributed by atoms with Crippen LogP contribution in [0.1, 0.15) is 13.3 Å². The summed E-state index contributed by atoms with van der Waals surface area (Å²) in [6.45, 7) is 1.91. The summed E-state index contributed by atoms with van der Waals surface area (Å²) in [5.41, 5.74) is 0. The summed E-state index contributed by atoms with van der Waals surface area (Å²) in [6.07, 6.45) is 0.144. The molecule has 1 fully saturated rings. The molecule has 1 rings (SSSR count). The fraction of sp³-hybridized carbons (Fsp3) is 0.778. The number of aliphatic carboxylic acids is 1. The molecule has 0 radical (unpaired) electrons. The van der Waals surface area contributed by atoms with Crippen molar-refractivity contribution in [2.24, 2.45) is 0 Å². The summed E-state index contributed by atoms with van der Waals surface area (Å²) in [7, 11) is 3.67. The van der Waals surface area contributed by atoms with Gasteiger partial charge in [-0.3, -0.25) is 4.79 Å². The molecule has 1 aliphatic rings. The lowest BCUT2D eigenvalue weighted by Gasteiger charge is -2.28. The van der Waals surface area contributed by atoms with E-state index in [-0.39, 0.29) is 12.1 Å². The van der Waals surface area contributed by atoms with Gasteiger partial charge < -0.3 is 14.3 Å². The third-order valence-corrected chi connectivity index (χ3v) is 2.62. The van der Waals surface area contributed by atoms with Gasteiger partial charge in [-0.1, -0.05) is 0 Å². The van der Waals surface area contributed by atoms with Gasteiger partial charge in [0.05, 0.1) is 20.5 Å². The highest BCUT2D eigenvalue weighted by Crippen LogP contribution is 2.25. The van der Waals surface area contributed by atoms with E-state index in [1.54, 1.807) is 0 Å². The molecule has 0 aromatic carbocycles. The number of esters is 1. The summed E-state index contributed by atoms with van der Waals surface area (Å²) in [5, 5.41) is 8.94. The average Bonchev–Trinajstić information content (AvgIpc) is 2.23. The van der Waals surface area contributed by atoms with E-state index in [1.165, 1.54) is 6.92 Å². The quantitative estimate of drug-likeness (QED) is 0.499. The maximum atomic E-state index is 10.9. The molecule has 5 nitrogen and oxygen atoms in total. The second-order valence-corrected chi connectivity index (χ2v) is 4.28. The molecule has 0 saturated carbocycles. The van der Waals surface area contributed by atoms with Crippen molar-refractivity contribution >= 4 is 11.9 Å². The molecule has 14 heavy (non-hydrogen) atoms. The Morgan fingerprint density at radius 3 is 2.36 bits per heavy atom. The summed E-state index contributed by atoms with van der Waals surface area (Å²) in [5.74, 6) is -1.18. The molecule has 2 atom stereocenters. The number of hydrogen-bond donors (Lipinski definition) is 1. The molecule has 0 aromatic rings. The minimum absolute atomic E-state index is 0.261. The van der Waals surface area contributed by atoms with Crippen LogP contribution in [0.5, 0.6) is 0 Å². The van der Waals surface area contributed by atoms with Gasteiger partial charge in [0.15, 0.2) is 12.1 Å². The van der Waals surface area contributed by atoms with E-state index in [4.69, 9.17) is 9.84 Å². The standard InChI is InChI=1S/C9H15NO4/c1-6(11)14-7-4-8(9(12)13)10(2,3)5-7/h7-8H,4-5H2,1-3H3/p+1. The van der Waals surface area contributed by atoms with Crippen molar-refractivity contribution < 1.29 is 23.9 Å². The Morgan fingerprint density at radius 1 is 1.43 bits per heavy atom. The van der Waals surface area contributed by atoms with Gasteiger partial charge in [0.25, 0.3) is 0 Å². The van der Waals surface area contributed by atoms with Crippen molar-refractivity contribution in [1.82, 2.24) is 0 Å². The fourth-order valence-electron chi connectivity index (χ4n) is 1.98. The first kappa shape index (κ1) is 11.0. The smallest absolute Gasteiger partial charge is 0.362 e. The third-order valence-electron chi connectivity index (χ3n) is 2.62. The first-order valence-corrected chi connectivity index (χ1v) is 4.55. The van der Waals surface area contributed by atoms with Crippen LogP contribution in [0.15, 0.2) is 0 Å². The number of likely N-dealkylation sites (tertiary alicyclic amines) is 1. The Labute approximate surface area is 82.9 Å². The van der Waals surface area contributed by atoms with Gasteiger partial charge in [-0.05, 0) is 0 Å². The lowest BCUT2D eigenvalue weighted by molar-refractivity contribution is -0.894. The van der Waals surface area contributed by atoms with Gasteiger partial charge >= 0.3 is 11.9 Å². The van der Waals surface area contributed by atoms with Gasteiger partial charge in [-0.25, -0.2) is 4.79 Å². The Bertz CT molecular complexity index is 262. The monoisotopic (exact) mass is 202 g/mol. The number of rotatable bonds is 2. The summed E-state index contributed by atoms with van der Waals surface area (Å²) in [4.78, 5) is 21.6. The van der Waals surface area contributed by atoms with Crippen LogP contribution in [0.3, 0.4) is 0 Å². The van der Waals surface area contributed by atoms with Crippen LogP contribution in [0, 0.1) is 0 Å². The van der Waals surface area contributed by atoms with E-state index in [9.17, 15) is 9.59 Å². The Hall–Kier alpha value is -1.10. The number of likely N-dealkylation sites (N-methyl/N-ethyl adjacent to an activating group) is 1. The van der Waals surface area contributed by atoms with Crippen molar-refractivity contribution in [2.75, 3.05) is 20.6 Å². The topological polar surface area (TPSA) is 63.6 Å². The van der Waals surface area contributed by atoms with Crippen LogP contribution in [-0.4, -0.2) is 54.3 Å². The number of carboxylic acids is 1. The zero-order valence-electron chi connectivity index (χ0n) is 8.69. The summed E-state index contributed by atoms with van der Waals surface area (Å²) < 4.78 is 5.38. The normalized spacial score (nSPS) is 29.9. The minimum Gasteiger partial charge on any atom is -0.477 e. The Balaban J connectivity index is 2.66. The fourth-order valence-corrected chi connectivity index (χ4v) is 1.98. The van der Waals surface area contributed by atoms with Crippen LogP contribution in [0.25, 0.3) is 0 Å². The SMILES string of the molecule is CC(=O)OC1CC(C(=O)O)[N+](C)(C)C1. The molecule has 0 bridgehead atoms. The highest BCUT2D eigenvalue weighted by atomic mass is 16.5. The van der Waals surface area contributed by atoms with Gasteiger partial charge in [0, 0.05) is 6.92 Å². The summed E-state index contributed by atoms with van der Waals surface area (Å²) >= 11 is 0. The molecule has 0 spiro atoms. The number of carbonyl (C=O) groups is 2. The van der Waals surface area contributed by atoms with Crippen LogP contribution < -0.4 is 0 Å². The molecule has 1 N–H and O–H groups in total. The first-order chi connectivity index (χ1) is 6.33. The highest BCUT2D eigenvalue weighted by Gasteiger charge is 2.46. The van der Waals surface area contributed by atoms with Crippen LogP contribution >= 0.6 is 0 Å². The second kappa shape index (κ2) is 3.57. The maximum Gasteiger partial charge on any atom is 0.362 e. The molecule has 1 aliphatic heterocycles.